The average Bonchev–Trinajstić information content (AvgIpc) is 2.25. The van der Waals surface area contributed by atoms with E-state index in [1.807, 2.05) is 0 Å². The Morgan fingerprint density at radius 2 is 2.00 bits per heavy atom. The molecule has 0 aliphatic heterocycles. The summed E-state index contributed by atoms with van der Waals surface area (Å²) in [5.74, 6) is -1.06. The summed E-state index contributed by atoms with van der Waals surface area (Å²) in [6, 6.07) is 6.14. The van der Waals surface area contributed by atoms with Gasteiger partial charge in [0, 0.05) is 4.47 Å². The molecule has 0 saturated heterocycles. The molecule has 1 rings (SSSR count). The van der Waals surface area contributed by atoms with Crippen LogP contribution in [0.2, 0.25) is 0 Å². The Kier molecular flexibility index (Phi) is 5.34. The summed E-state index contributed by atoms with van der Waals surface area (Å²) in [6.45, 7) is 4.69. The van der Waals surface area contributed by atoms with E-state index in [4.69, 9.17) is 5.11 Å². The Labute approximate surface area is 127 Å². The Bertz CT molecular complexity index is 593. The highest BCUT2D eigenvalue weighted by molar-refractivity contribution is 9.10. The van der Waals surface area contributed by atoms with Gasteiger partial charge in [-0.2, -0.15) is 0 Å². The summed E-state index contributed by atoms with van der Waals surface area (Å²) in [7, 11) is -3.63. The van der Waals surface area contributed by atoms with E-state index in [0.29, 0.717) is 5.56 Å². The van der Waals surface area contributed by atoms with Gasteiger partial charge in [0.15, 0.2) is 0 Å². The quantitative estimate of drug-likeness (QED) is 0.842. The van der Waals surface area contributed by atoms with Crippen molar-refractivity contribution in [2.75, 3.05) is 0 Å². The van der Waals surface area contributed by atoms with Crippen molar-refractivity contribution < 1.29 is 18.3 Å². The molecule has 20 heavy (non-hydrogen) atoms. The molecular formula is C13H18BrNO4S. The summed E-state index contributed by atoms with van der Waals surface area (Å²) in [5.41, 5.74) is 0.606. The molecule has 0 fully saturated rings. The predicted octanol–water partition coefficient (Wildman–Crippen LogP) is 2.68. The van der Waals surface area contributed by atoms with Crippen LogP contribution in [0.1, 0.15) is 38.8 Å². The highest BCUT2D eigenvalue weighted by Crippen LogP contribution is 2.24. The second-order valence-corrected chi connectivity index (χ2v) is 8.82. The van der Waals surface area contributed by atoms with E-state index < -0.39 is 26.8 Å². The molecule has 1 aromatic rings. The number of aliphatic carboxylic acids is 1. The molecule has 0 unspecified atom stereocenters. The van der Waals surface area contributed by atoms with Crippen LogP contribution in [0.15, 0.2) is 28.7 Å². The van der Waals surface area contributed by atoms with Gasteiger partial charge in [0.2, 0.25) is 10.0 Å². The molecule has 0 spiro atoms. The number of carboxylic acid groups (broad SMARTS) is 1. The van der Waals surface area contributed by atoms with Crippen LogP contribution in [0, 0.1) is 0 Å². The van der Waals surface area contributed by atoms with E-state index in [-0.39, 0.29) is 6.42 Å². The first-order valence-corrected chi connectivity index (χ1v) is 8.29. The molecule has 1 atom stereocenters. The third-order valence-electron chi connectivity index (χ3n) is 2.73. The number of sulfonamides is 1. The highest BCUT2D eigenvalue weighted by Gasteiger charge is 2.32. The first-order valence-electron chi connectivity index (χ1n) is 6.02. The van der Waals surface area contributed by atoms with Crippen molar-refractivity contribution in [3.05, 3.63) is 34.3 Å². The summed E-state index contributed by atoms with van der Waals surface area (Å²) in [5, 5.41) is 8.97. The second kappa shape index (κ2) is 6.24. The standard InChI is InChI=1S/C13H18BrNO4S/c1-13(2,3)20(18,19)15-11(8-12(16)17)9-5-4-6-10(14)7-9/h4-7,11,15H,8H2,1-3H3,(H,16,17)/t11-/m0/s1. The first-order chi connectivity index (χ1) is 9.03. The largest absolute Gasteiger partial charge is 0.481 e. The number of carboxylic acids is 1. The third-order valence-corrected chi connectivity index (χ3v) is 5.43. The molecule has 0 saturated carbocycles. The molecule has 0 aliphatic carbocycles. The maximum absolute atomic E-state index is 12.2. The minimum atomic E-state index is -3.63. The predicted molar refractivity (Wildman–Crippen MR) is 80.9 cm³/mol. The third kappa shape index (κ3) is 4.57. The normalized spacial score (nSPS) is 14.0. The smallest absolute Gasteiger partial charge is 0.305 e. The van der Waals surface area contributed by atoms with Crippen LogP contribution >= 0.6 is 15.9 Å². The summed E-state index contributed by atoms with van der Waals surface area (Å²) in [4.78, 5) is 11.0. The van der Waals surface area contributed by atoms with Gasteiger partial charge >= 0.3 is 5.97 Å². The molecule has 0 aliphatic rings. The van der Waals surface area contributed by atoms with Crippen LogP contribution in [0.3, 0.4) is 0 Å². The van der Waals surface area contributed by atoms with E-state index in [1.54, 1.807) is 45.0 Å². The lowest BCUT2D eigenvalue weighted by molar-refractivity contribution is -0.137. The fraction of sp³-hybridized carbons (Fsp3) is 0.462. The summed E-state index contributed by atoms with van der Waals surface area (Å²) >= 11 is 3.29. The Morgan fingerprint density at radius 3 is 2.45 bits per heavy atom. The molecule has 5 nitrogen and oxygen atoms in total. The molecule has 2 N–H and O–H groups in total. The molecule has 0 heterocycles. The van der Waals surface area contributed by atoms with Crippen LogP contribution < -0.4 is 4.72 Å². The molecule has 1 aromatic carbocycles. The van der Waals surface area contributed by atoms with Crippen LogP contribution in [0.25, 0.3) is 0 Å². The van der Waals surface area contributed by atoms with Crippen LogP contribution in [-0.2, 0) is 14.8 Å². The van der Waals surface area contributed by atoms with Crippen molar-refractivity contribution in [1.82, 2.24) is 4.72 Å². The van der Waals surface area contributed by atoms with Gasteiger partial charge in [-0.15, -0.1) is 0 Å². The number of hydrogen-bond donors (Lipinski definition) is 2. The zero-order chi connectivity index (χ0) is 15.6. The van der Waals surface area contributed by atoms with Crippen LogP contribution in [0.4, 0.5) is 0 Å². The van der Waals surface area contributed by atoms with Gasteiger partial charge in [-0.3, -0.25) is 4.79 Å². The van der Waals surface area contributed by atoms with Gasteiger partial charge in [0.05, 0.1) is 17.2 Å². The SMILES string of the molecule is CC(C)(C)S(=O)(=O)N[C@@H](CC(=O)O)c1cccc(Br)c1. The molecule has 0 amide bonds. The fourth-order valence-corrected chi connectivity index (χ4v) is 2.85. The van der Waals surface area contributed by atoms with Gasteiger partial charge in [0.25, 0.3) is 0 Å². The lowest BCUT2D eigenvalue weighted by atomic mass is 10.1. The topological polar surface area (TPSA) is 83.5 Å². The van der Waals surface area contributed by atoms with Gasteiger partial charge in [-0.1, -0.05) is 28.1 Å². The van der Waals surface area contributed by atoms with Crippen molar-refractivity contribution in [1.29, 1.82) is 0 Å². The number of carbonyl (C=O) groups is 1. The molecule has 0 aromatic heterocycles. The van der Waals surface area contributed by atoms with Gasteiger partial charge < -0.3 is 5.11 Å². The lowest BCUT2D eigenvalue weighted by Crippen LogP contribution is -2.41. The lowest BCUT2D eigenvalue weighted by Gasteiger charge is -2.25. The number of rotatable bonds is 5. The van der Waals surface area contributed by atoms with E-state index in [9.17, 15) is 13.2 Å². The maximum atomic E-state index is 12.2. The van der Waals surface area contributed by atoms with E-state index >= 15 is 0 Å². The zero-order valence-corrected chi connectivity index (χ0v) is 14.0. The van der Waals surface area contributed by atoms with Crippen LogP contribution in [-0.4, -0.2) is 24.2 Å². The van der Waals surface area contributed by atoms with Crippen molar-refractivity contribution in [3.8, 4) is 0 Å². The van der Waals surface area contributed by atoms with E-state index in [2.05, 4.69) is 20.7 Å². The number of halogens is 1. The van der Waals surface area contributed by atoms with Crippen molar-refractivity contribution in [2.24, 2.45) is 0 Å². The van der Waals surface area contributed by atoms with Gasteiger partial charge in [-0.25, -0.2) is 13.1 Å². The molecule has 7 heteroatoms. The van der Waals surface area contributed by atoms with E-state index in [1.165, 1.54) is 0 Å². The molecular weight excluding hydrogens is 346 g/mol. The highest BCUT2D eigenvalue weighted by atomic mass is 79.9. The van der Waals surface area contributed by atoms with E-state index in [0.717, 1.165) is 4.47 Å². The Balaban J connectivity index is 3.12. The first kappa shape index (κ1) is 17.1. The summed E-state index contributed by atoms with van der Waals surface area (Å²) in [6.07, 6.45) is -0.314. The minimum absolute atomic E-state index is 0.314. The fourth-order valence-electron chi connectivity index (χ4n) is 1.49. The number of nitrogens with one attached hydrogen (secondary N) is 1. The Morgan fingerprint density at radius 1 is 1.40 bits per heavy atom. The van der Waals surface area contributed by atoms with Gasteiger partial charge in [0.1, 0.15) is 0 Å². The van der Waals surface area contributed by atoms with Crippen molar-refractivity contribution in [3.63, 3.8) is 0 Å². The number of benzene rings is 1. The molecule has 0 radical (unpaired) electrons. The second-order valence-electron chi connectivity index (χ2n) is 5.44. The van der Waals surface area contributed by atoms with Crippen molar-refractivity contribution >= 4 is 31.9 Å². The maximum Gasteiger partial charge on any atom is 0.305 e. The number of hydrogen-bond acceptors (Lipinski definition) is 3. The monoisotopic (exact) mass is 363 g/mol. The average molecular weight is 364 g/mol. The van der Waals surface area contributed by atoms with Crippen molar-refractivity contribution in [2.45, 2.75) is 38.0 Å². The Hall–Kier alpha value is -0.920. The minimum Gasteiger partial charge on any atom is -0.481 e. The molecule has 0 bridgehead atoms. The molecule has 112 valence electrons. The zero-order valence-electron chi connectivity index (χ0n) is 11.6. The summed E-state index contributed by atoms with van der Waals surface area (Å²) < 4.78 is 26.6. The van der Waals surface area contributed by atoms with Gasteiger partial charge in [-0.05, 0) is 38.5 Å². The van der Waals surface area contributed by atoms with Crippen LogP contribution in [0.5, 0.6) is 0 Å².